The van der Waals surface area contributed by atoms with E-state index in [2.05, 4.69) is 4.90 Å². The number of carbonyl (C=O) groups is 3. The number of piperidine rings is 1. The summed E-state index contributed by atoms with van der Waals surface area (Å²) in [5.74, 6) is 0.225. The monoisotopic (exact) mass is 473 g/mol. The maximum Gasteiger partial charge on any atom is 0.407 e. The average molecular weight is 474 g/mol. The van der Waals surface area contributed by atoms with Crippen molar-refractivity contribution in [3.05, 3.63) is 24.3 Å². The molecule has 0 bridgehead atoms. The van der Waals surface area contributed by atoms with Gasteiger partial charge in [-0.25, -0.2) is 4.79 Å². The van der Waals surface area contributed by atoms with E-state index in [1.807, 2.05) is 31.2 Å². The van der Waals surface area contributed by atoms with Gasteiger partial charge in [0.2, 0.25) is 0 Å². The molecule has 3 heterocycles. The molecule has 0 radical (unpaired) electrons. The highest BCUT2D eigenvalue weighted by molar-refractivity contribution is 5.85. The Morgan fingerprint density at radius 3 is 2.59 bits per heavy atom. The second-order valence-corrected chi connectivity index (χ2v) is 10.3. The largest absolute Gasteiger partial charge is 0.478 e. The van der Waals surface area contributed by atoms with Gasteiger partial charge >= 0.3 is 12.1 Å². The van der Waals surface area contributed by atoms with Crippen LogP contribution in [0, 0.1) is 11.3 Å². The summed E-state index contributed by atoms with van der Waals surface area (Å²) in [5, 5.41) is 9.13. The first-order chi connectivity index (χ1) is 16.1. The molecular weight excluding hydrogens is 438 g/mol. The molecule has 1 spiro atoms. The zero-order valence-electron chi connectivity index (χ0n) is 20.3. The Labute approximate surface area is 200 Å². The first kappa shape index (κ1) is 24.2. The minimum atomic E-state index is -1.06. The molecule has 1 atom stereocenters. The van der Waals surface area contributed by atoms with Gasteiger partial charge in [-0.15, -0.1) is 0 Å². The van der Waals surface area contributed by atoms with Crippen molar-refractivity contribution in [3.63, 3.8) is 0 Å². The van der Waals surface area contributed by atoms with Gasteiger partial charge in [0, 0.05) is 56.4 Å². The van der Waals surface area contributed by atoms with Crippen molar-refractivity contribution >= 4 is 23.7 Å². The van der Waals surface area contributed by atoms with Crippen LogP contribution in [0.2, 0.25) is 0 Å². The maximum atomic E-state index is 13.3. The van der Waals surface area contributed by atoms with E-state index < -0.39 is 11.7 Å². The number of esters is 1. The van der Waals surface area contributed by atoms with E-state index in [1.165, 1.54) is 4.90 Å². The zero-order valence-corrected chi connectivity index (χ0v) is 20.3. The fourth-order valence-electron chi connectivity index (χ4n) is 5.39. The Hall–Kier alpha value is -2.97. The number of hydrogen-bond donors (Lipinski definition) is 1. The van der Waals surface area contributed by atoms with Crippen molar-refractivity contribution in [1.29, 1.82) is 0 Å². The number of carbonyl (C=O) groups excluding carboxylic acids is 2. The Morgan fingerprint density at radius 2 is 1.88 bits per heavy atom. The Kier molecular flexibility index (Phi) is 6.64. The van der Waals surface area contributed by atoms with Crippen molar-refractivity contribution in [2.24, 2.45) is 11.3 Å². The standard InChI is InChI=1S/C25H35N3O6/c1-4-33-21(29)18-7-6-11-26(14-18)19-8-5-9-20(13-19)34-24(2,3)22(30)27-12-10-25(15-27)16-28(17-25)23(31)32/h5,8-9,13,18H,4,6-7,10-12,14-17H2,1-3H3,(H,31,32)/t18-/m1/s1. The van der Waals surface area contributed by atoms with Gasteiger partial charge in [-0.1, -0.05) is 6.07 Å². The predicted octanol–water partition coefficient (Wildman–Crippen LogP) is 2.84. The van der Waals surface area contributed by atoms with Crippen LogP contribution in [0.15, 0.2) is 24.3 Å². The fraction of sp³-hybridized carbons (Fsp3) is 0.640. The number of rotatable bonds is 6. The van der Waals surface area contributed by atoms with Gasteiger partial charge < -0.3 is 29.3 Å². The van der Waals surface area contributed by atoms with Crippen molar-refractivity contribution in [3.8, 4) is 5.75 Å². The lowest BCUT2D eigenvalue weighted by Gasteiger charge is -2.46. The number of amides is 2. The molecule has 9 heteroatoms. The van der Waals surface area contributed by atoms with E-state index in [-0.39, 0.29) is 23.2 Å². The molecule has 0 unspecified atom stereocenters. The molecular formula is C25H35N3O6. The first-order valence-corrected chi connectivity index (χ1v) is 12.1. The molecule has 2 amide bonds. The van der Waals surface area contributed by atoms with Crippen molar-refractivity contribution in [2.45, 2.75) is 45.6 Å². The highest BCUT2D eigenvalue weighted by atomic mass is 16.5. The molecule has 1 aromatic rings. The highest BCUT2D eigenvalue weighted by Gasteiger charge is 2.52. The summed E-state index contributed by atoms with van der Waals surface area (Å²) in [6.07, 6.45) is 1.65. The van der Waals surface area contributed by atoms with Crippen LogP contribution in [0.25, 0.3) is 0 Å². The van der Waals surface area contributed by atoms with Gasteiger partial charge in [0.15, 0.2) is 5.60 Å². The first-order valence-electron chi connectivity index (χ1n) is 12.1. The van der Waals surface area contributed by atoms with Gasteiger partial charge in [0.05, 0.1) is 12.5 Å². The van der Waals surface area contributed by atoms with Gasteiger partial charge in [-0.3, -0.25) is 9.59 Å². The molecule has 3 fully saturated rings. The summed E-state index contributed by atoms with van der Waals surface area (Å²) in [6, 6.07) is 7.65. The number of carboxylic acid groups (broad SMARTS) is 1. The predicted molar refractivity (Wildman–Crippen MR) is 126 cm³/mol. The van der Waals surface area contributed by atoms with E-state index in [0.29, 0.717) is 45.1 Å². The summed E-state index contributed by atoms with van der Waals surface area (Å²) in [4.78, 5) is 42.0. The fourth-order valence-corrected chi connectivity index (χ4v) is 5.39. The van der Waals surface area contributed by atoms with E-state index in [9.17, 15) is 14.4 Å². The Bertz CT molecular complexity index is 942. The lowest BCUT2D eigenvalue weighted by molar-refractivity contribution is -0.148. The van der Waals surface area contributed by atoms with Crippen molar-refractivity contribution in [1.82, 2.24) is 9.80 Å². The number of benzene rings is 1. The van der Waals surface area contributed by atoms with Gasteiger partial charge in [0.1, 0.15) is 5.75 Å². The van der Waals surface area contributed by atoms with E-state index in [4.69, 9.17) is 14.6 Å². The van der Waals surface area contributed by atoms with Gasteiger partial charge in [-0.05, 0) is 52.2 Å². The third kappa shape index (κ3) is 4.93. The van der Waals surface area contributed by atoms with Crippen molar-refractivity contribution < 1.29 is 29.0 Å². The van der Waals surface area contributed by atoms with Crippen LogP contribution in [0.5, 0.6) is 5.75 Å². The minimum absolute atomic E-state index is 0.0936. The van der Waals surface area contributed by atoms with E-state index >= 15 is 0 Å². The summed E-state index contributed by atoms with van der Waals surface area (Å²) in [5.41, 5.74) is -0.220. The second-order valence-electron chi connectivity index (χ2n) is 10.3. The van der Waals surface area contributed by atoms with Crippen LogP contribution in [0.4, 0.5) is 10.5 Å². The van der Waals surface area contributed by atoms with Gasteiger partial charge in [-0.2, -0.15) is 0 Å². The highest BCUT2D eigenvalue weighted by Crippen LogP contribution is 2.40. The van der Waals surface area contributed by atoms with Crippen LogP contribution in [0.1, 0.15) is 40.0 Å². The lowest BCUT2D eigenvalue weighted by Crippen LogP contribution is -2.60. The topological polar surface area (TPSA) is 99.6 Å². The average Bonchev–Trinajstić information content (AvgIpc) is 3.23. The summed E-state index contributed by atoms with van der Waals surface area (Å²) < 4.78 is 11.4. The van der Waals surface area contributed by atoms with Crippen LogP contribution in [0.3, 0.4) is 0 Å². The molecule has 186 valence electrons. The lowest BCUT2D eigenvalue weighted by atomic mass is 9.79. The van der Waals surface area contributed by atoms with Crippen molar-refractivity contribution in [2.75, 3.05) is 50.8 Å². The molecule has 0 aliphatic carbocycles. The quantitative estimate of drug-likeness (QED) is 0.634. The van der Waals surface area contributed by atoms with Crippen LogP contribution in [-0.2, 0) is 14.3 Å². The van der Waals surface area contributed by atoms with E-state index in [1.54, 1.807) is 18.7 Å². The number of nitrogens with zero attached hydrogens (tertiary/aromatic N) is 3. The zero-order chi connectivity index (χ0) is 24.5. The molecule has 3 saturated heterocycles. The summed E-state index contributed by atoms with van der Waals surface area (Å²) in [6.45, 7) is 9.35. The molecule has 1 N–H and O–H groups in total. The normalized spacial score (nSPS) is 21.9. The Morgan fingerprint density at radius 1 is 1.15 bits per heavy atom. The molecule has 0 aromatic heterocycles. The molecule has 3 aliphatic rings. The number of ether oxygens (including phenoxy) is 2. The second kappa shape index (κ2) is 9.35. The minimum Gasteiger partial charge on any atom is -0.478 e. The van der Waals surface area contributed by atoms with Crippen LogP contribution < -0.4 is 9.64 Å². The molecule has 3 aliphatic heterocycles. The van der Waals surface area contributed by atoms with Crippen LogP contribution >= 0.6 is 0 Å². The summed E-state index contributed by atoms with van der Waals surface area (Å²) >= 11 is 0. The smallest absolute Gasteiger partial charge is 0.407 e. The molecule has 4 rings (SSSR count). The third-order valence-corrected chi connectivity index (χ3v) is 7.16. The SMILES string of the molecule is CCOC(=O)[C@@H]1CCCN(c2cccc(OC(C)(C)C(=O)N3CCC4(CN(C(=O)O)C4)C3)c2)C1. The molecule has 9 nitrogen and oxygen atoms in total. The third-order valence-electron chi connectivity index (χ3n) is 7.16. The molecule has 0 saturated carbocycles. The summed E-state index contributed by atoms with van der Waals surface area (Å²) in [7, 11) is 0. The van der Waals surface area contributed by atoms with Gasteiger partial charge in [0.25, 0.3) is 5.91 Å². The van der Waals surface area contributed by atoms with E-state index in [0.717, 1.165) is 31.5 Å². The number of anilines is 1. The Balaban J connectivity index is 1.38. The molecule has 1 aromatic carbocycles. The van der Waals surface area contributed by atoms with Crippen LogP contribution in [-0.4, -0.2) is 84.4 Å². The number of hydrogen-bond acceptors (Lipinski definition) is 6. The number of likely N-dealkylation sites (tertiary alicyclic amines) is 2. The maximum absolute atomic E-state index is 13.3. The molecule has 34 heavy (non-hydrogen) atoms.